The summed E-state index contributed by atoms with van der Waals surface area (Å²) >= 11 is 0. The molecule has 1 amide bonds. The van der Waals surface area contributed by atoms with Gasteiger partial charge < -0.3 is 20.3 Å². The van der Waals surface area contributed by atoms with Crippen molar-refractivity contribution in [3.63, 3.8) is 0 Å². The number of nitrogens with zero attached hydrogens (tertiary/aromatic N) is 1. The normalized spacial score (nSPS) is 19.8. The van der Waals surface area contributed by atoms with Gasteiger partial charge in [0, 0.05) is 24.8 Å². The van der Waals surface area contributed by atoms with Crippen LogP contribution in [-0.2, 0) is 21.6 Å². The fourth-order valence-electron chi connectivity index (χ4n) is 4.08. The SMILES string of the molecule is CC1(C)CC(CCNC(=O)c2cc(CO)ccn2)(c2ccccc2)CCO1.O=CO. The number of ether oxygens (including phenoxy) is 1. The average Bonchev–Trinajstić information content (AvgIpc) is 2.74. The molecule has 0 saturated carbocycles. The molecule has 1 fully saturated rings. The van der Waals surface area contributed by atoms with E-state index < -0.39 is 0 Å². The highest BCUT2D eigenvalue weighted by Gasteiger charge is 2.41. The lowest BCUT2D eigenvalue weighted by atomic mass is 9.67. The van der Waals surface area contributed by atoms with E-state index in [1.54, 1.807) is 18.3 Å². The minimum absolute atomic E-state index is 0.0172. The van der Waals surface area contributed by atoms with Gasteiger partial charge in [-0.05, 0) is 56.4 Å². The van der Waals surface area contributed by atoms with Crippen molar-refractivity contribution in [3.8, 4) is 0 Å². The first kappa shape index (κ1) is 23.5. The second-order valence-corrected chi connectivity index (χ2v) is 8.00. The zero-order valence-electron chi connectivity index (χ0n) is 17.5. The van der Waals surface area contributed by atoms with Crippen LogP contribution in [0.2, 0.25) is 0 Å². The van der Waals surface area contributed by atoms with E-state index in [0.717, 1.165) is 25.9 Å². The number of aliphatic hydroxyl groups is 1. The fourth-order valence-corrected chi connectivity index (χ4v) is 4.08. The maximum absolute atomic E-state index is 12.4. The summed E-state index contributed by atoms with van der Waals surface area (Å²) in [4.78, 5) is 24.9. The summed E-state index contributed by atoms with van der Waals surface area (Å²) in [5, 5.41) is 19.1. The van der Waals surface area contributed by atoms with Gasteiger partial charge in [-0.3, -0.25) is 14.6 Å². The monoisotopic (exact) mass is 414 g/mol. The molecule has 30 heavy (non-hydrogen) atoms. The standard InChI is InChI=1S/C22H28N2O3.CH2O2/c1-21(2)16-22(10-13-27-21,18-6-4-3-5-7-18)9-12-24-20(26)19-14-17(15-25)8-11-23-19;2-1-3/h3-8,11,14,25H,9-10,12-13,15-16H2,1-2H3,(H,24,26);1H,(H,2,3). The number of carbonyl (C=O) groups is 2. The van der Waals surface area contributed by atoms with Gasteiger partial charge in [0.15, 0.2) is 0 Å². The van der Waals surface area contributed by atoms with E-state index in [1.807, 2.05) is 6.07 Å². The Hall–Kier alpha value is -2.77. The number of amides is 1. The number of nitrogens with one attached hydrogen (secondary N) is 1. The molecule has 7 heteroatoms. The Balaban J connectivity index is 0.00000101. The van der Waals surface area contributed by atoms with Crippen molar-refractivity contribution in [2.75, 3.05) is 13.2 Å². The van der Waals surface area contributed by atoms with Crippen molar-refractivity contribution in [2.24, 2.45) is 0 Å². The van der Waals surface area contributed by atoms with Crippen LogP contribution in [0.3, 0.4) is 0 Å². The summed E-state index contributed by atoms with van der Waals surface area (Å²) in [7, 11) is 0. The minimum Gasteiger partial charge on any atom is -0.483 e. The predicted octanol–water partition coefficient (Wildman–Crippen LogP) is 2.92. The van der Waals surface area contributed by atoms with Crippen molar-refractivity contribution in [1.29, 1.82) is 0 Å². The van der Waals surface area contributed by atoms with E-state index in [-0.39, 0.29) is 30.0 Å². The van der Waals surface area contributed by atoms with Crippen LogP contribution in [0.1, 0.15) is 54.7 Å². The molecule has 0 spiro atoms. The molecule has 1 saturated heterocycles. The lowest BCUT2D eigenvalue weighted by Gasteiger charge is -2.45. The van der Waals surface area contributed by atoms with Crippen LogP contribution in [-0.4, -0.2) is 46.3 Å². The third-order valence-corrected chi connectivity index (χ3v) is 5.35. The molecule has 2 aromatic rings. The highest BCUT2D eigenvalue weighted by Crippen LogP contribution is 2.43. The highest BCUT2D eigenvalue weighted by atomic mass is 16.5. The Morgan fingerprint density at radius 1 is 1.27 bits per heavy atom. The van der Waals surface area contributed by atoms with Gasteiger partial charge >= 0.3 is 0 Å². The molecule has 1 atom stereocenters. The van der Waals surface area contributed by atoms with Crippen LogP contribution in [0.15, 0.2) is 48.7 Å². The zero-order chi connectivity index (χ0) is 22.0. The summed E-state index contributed by atoms with van der Waals surface area (Å²) in [6.45, 7) is 5.19. The summed E-state index contributed by atoms with van der Waals surface area (Å²) in [6.07, 6.45) is 4.24. The van der Waals surface area contributed by atoms with Crippen molar-refractivity contribution in [1.82, 2.24) is 10.3 Å². The van der Waals surface area contributed by atoms with E-state index in [2.05, 4.69) is 48.4 Å². The Morgan fingerprint density at radius 2 is 1.97 bits per heavy atom. The minimum atomic E-state index is -0.250. The Morgan fingerprint density at radius 3 is 2.60 bits per heavy atom. The van der Waals surface area contributed by atoms with Gasteiger partial charge in [-0.2, -0.15) is 0 Å². The fraction of sp³-hybridized carbons (Fsp3) is 0.435. The topological polar surface area (TPSA) is 109 Å². The first-order valence-corrected chi connectivity index (χ1v) is 9.97. The number of hydrogen-bond donors (Lipinski definition) is 3. The van der Waals surface area contributed by atoms with Gasteiger partial charge in [0.2, 0.25) is 0 Å². The van der Waals surface area contributed by atoms with Crippen LogP contribution < -0.4 is 5.32 Å². The molecule has 3 rings (SSSR count). The van der Waals surface area contributed by atoms with Crippen molar-refractivity contribution < 1.29 is 24.5 Å². The molecular weight excluding hydrogens is 384 g/mol. The third kappa shape index (κ3) is 6.37. The Bertz CT molecular complexity index is 825. The highest BCUT2D eigenvalue weighted by molar-refractivity contribution is 5.92. The van der Waals surface area contributed by atoms with Crippen LogP contribution in [0.25, 0.3) is 0 Å². The molecule has 0 bridgehead atoms. The number of hydrogen-bond acceptors (Lipinski definition) is 5. The van der Waals surface area contributed by atoms with E-state index in [1.165, 1.54) is 5.56 Å². The van der Waals surface area contributed by atoms with E-state index >= 15 is 0 Å². The molecule has 1 aromatic heterocycles. The molecular formula is C23H30N2O5. The van der Waals surface area contributed by atoms with Crippen molar-refractivity contribution in [2.45, 2.75) is 50.7 Å². The number of aliphatic hydroxyl groups excluding tert-OH is 1. The Labute approximate surface area is 177 Å². The first-order valence-electron chi connectivity index (χ1n) is 9.97. The summed E-state index contributed by atoms with van der Waals surface area (Å²) in [6, 6.07) is 13.9. The zero-order valence-corrected chi connectivity index (χ0v) is 17.5. The number of carboxylic acid groups (broad SMARTS) is 1. The molecule has 1 aromatic carbocycles. The maximum atomic E-state index is 12.4. The molecule has 1 aliphatic heterocycles. The second-order valence-electron chi connectivity index (χ2n) is 8.00. The van der Waals surface area contributed by atoms with Gasteiger partial charge in [-0.25, -0.2) is 0 Å². The molecule has 0 radical (unpaired) electrons. The molecule has 0 aliphatic carbocycles. The third-order valence-electron chi connectivity index (χ3n) is 5.35. The summed E-state index contributed by atoms with van der Waals surface area (Å²) in [5.41, 5.74) is 2.12. The maximum Gasteiger partial charge on any atom is 0.290 e. The van der Waals surface area contributed by atoms with Crippen LogP contribution in [0.4, 0.5) is 0 Å². The molecule has 7 nitrogen and oxygen atoms in total. The number of rotatable bonds is 6. The van der Waals surface area contributed by atoms with E-state index in [4.69, 9.17) is 14.6 Å². The first-order chi connectivity index (χ1) is 14.4. The van der Waals surface area contributed by atoms with Crippen LogP contribution in [0, 0.1) is 0 Å². The van der Waals surface area contributed by atoms with E-state index in [9.17, 15) is 9.90 Å². The number of carbonyl (C=O) groups excluding carboxylic acids is 1. The lowest BCUT2D eigenvalue weighted by Crippen LogP contribution is -2.45. The van der Waals surface area contributed by atoms with Gasteiger partial charge in [-0.1, -0.05) is 30.3 Å². The van der Waals surface area contributed by atoms with Gasteiger partial charge in [0.05, 0.1) is 12.2 Å². The molecule has 162 valence electrons. The summed E-state index contributed by atoms with van der Waals surface area (Å²) < 4.78 is 5.94. The van der Waals surface area contributed by atoms with Crippen molar-refractivity contribution >= 4 is 12.4 Å². The van der Waals surface area contributed by atoms with Gasteiger partial charge in [-0.15, -0.1) is 0 Å². The van der Waals surface area contributed by atoms with Gasteiger partial charge in [0.1, 0.15) is 5.69 Å². The molecule has 3 N–H and O–H groups in total. The van der Waals surface area contributed by atoms with Crippen LogP contribution in [0.5, 0.6) is 0 Å². The number of pyridine rings is 1. The number of benzene rings is 1. The molecule has 1 unspecified atom stereocenters. The Kier molecular flexibility index (Phi) is 8.50. The average molecular weight is 415 g/mol. The molecule has 1 aliphatic rings. The largest absolute Gasteiger partial charge is 0.483 e. The smallest absolute Gasteiger partial charge is 0.290 e. The quantitative estimate of drug-likeness (QED) is 0.627. The van der Waals surface area contributed by atoms with Gasteiger partial charge in [0.25, 0.3) is 12.4 Å². The second kappa shape index (κ2) is 10.8. The lowest BCUT2D eigenvalue weighted by molar-refractivity contribution is -0.122. The predicted molar refractivity (Wildman–Crippen MR) is 113 cm³/mol. The van der Waals surface area contributed by atoms with E-state index in [0.29, 0.717) is 17.8 Å². The molecule has 2 heterocycles. The van der Waals surface area contributed by atoms with Crippen molar-refractivity contribution in [3.05, 3.63) is 65.5 Å². The number of aromatic nitrogens is 1. The summed E-state index contributed by atoms with van der Waals surface area (Å²) in [5.74, 6) is -0.208. The van der Waals surface area contributed by atoms with Crippen LogP contribution >= 0.6 is 0 Å².